The summed E-state index contributed by atoms with van der Waals surface area (Å²) in [5.41, 5.74) is 0.797. The lowest BCUT2D eigenvalue weighted by atomic mass is 10.2. The third-order valence-corrected chi connectivity index (χ3v) is 4.52. The average molecular weight is 394 g/mol. The van der Waals surface area contributed by atoms with Gasteiger partial charge in [0, 0.05) is 5.02 Å². The molecule has 0 radical (unpaired) electrons. The quantitative estimate of drug-likeness (QED) is 0.470. The molecular weight excluding hydrogens is 385 g/mol. The number of benzene rings is 2. The van der Waals surface area contributed by atoms with Crippen LogP contribution in [0.4, 0.5) is 4.79 Å². The summed E-state index contributed by atoms with van der Waals surface area (Å²) < 4.78 is 5.30. The lowest BCUT2D eigenvalue weighted by Gasteiger charge is -2.07. The monoisotopic (exact) mass is 393 g/mol. The Morgan fingerprint density at radius 1 is 1.12 bits per heavy atom. The van der Waals surface area contributed by atoms with E-state index in [9.17, 15) is 14.4 Å². The Labute approximate surface area is 156 Å². The van der Waals surface area contributed by atoms with Crippen LogP contribution < -0.4 is 10.1 Å². The highest BCUT2D eigenvalue weighted by molar-refractivity contribution is 8.18. The van der Waals surface area contributed by atoms with E-state index >= 15 is 0 Å². The molecule has 1 fully saturated rings. The van der Waals surface area contributed by atoms with Gasteiger partial charge in [-0.25, -0.2) is 4.79 Å². The number of esters is 1. The molecule has 0 bridgehead atoms. The number of hydrogen-bond acceptors (Lipinski definition) is 5. The van der Waals surface area contributed by atoms with Gasteiger partial charge in [0.1, 0.15) is 5.75 Å². The van der Waals surface area contributed by atoms with Crippen LogP contribution in [0.15, 0.2) is 47.4 Å². The fraction of sp³-hybridized carbons (Fsp3) is 0. The highest BCUT2D eigenvalue weighted by Gasteiger charge is 2.25. The van der Waals surface area contributed by atoms with Crippen LogP contribution in [0.2, 0.25) is 10.0 Å². The molecule has 0 saturated carbocycles. The van der Waals surface area contributed by atoms with E-state index in [2.05, 4.69) is 5.32 Å². The Hall–Kier alpha value is -2.28. The van der Waals surface area contributed by atoms with Crippen LogP contribution in [0.3, 0.4) is 0 Å². The fourth-order valence-electron chi connectivity index (χ4n) is 2.06. The van der Waals surface area contributed by atoms with Crippen molar-refractivity contribution in [1.82, 2.24) is 5.32 Å². The third kappa shape index (κ3) is 4.22. The SMILES string of the molecule is O=C1NC(=O)/C(=C/c2cccc(OC(=O)c3ccc(Cl)cc3Cl)c2)S1. The molecule has 8 heteroatoms. The standard InChI is InChI=1S/C17H9Cl2NO4S/c18-10-4-5-12(13(19)8-10)16(22)24-11-3-1-2-9(6-11)7-14-15(21)20-17(23)25-14/h1-8H,(H,20,21,23)/b14-7-. The van der Waals surface area contributed by atoms with E-state index in [0.29, 0.717) is 10.6 Å². The second-order valence-corrected chi connectivity index (χ2v) is 6.80. The minimum absolute atomic E-state index is 0.186. The lowest BCUT2D eigenvalue weighted by Crippen LogP contribution is -2.17. The highest BCUT2D eigenvalue weighted by atomic mass is 35.5. The fourth-order valence-corrected chi connectivity index (χ4v) is 3.23. The van der Waals surface area contributed by atoms with Crippen LogP contribution in [-0.2, 0) is 4.79 Å². The van der Waals surface area contributed by atoms with Gasteiger partial charge in [0.25, 0.3) is 11.1 Å². The molecule has 25 heavy (non-hydrogen) atoms. The molecule has 0 spiro atoms. The summed E-state index contributed by atoms with van der Waals surface area (Å²) in [6.07, 6.45) is 1.54. The molecule has 0 aromatic heterocycles. The van der Waals surface area contributed by atoms with Gasteiger partial charge < -0.3 is 4.74 Å². The summed E-state index contributed by atoms with van der Waals surface area (Å²) in [5, 5.41) is 2.35. The zero-order chi connectivity index (χ0) is 18.0. The Morgan fingerprint density at radius 3 is 2.60 bits per heavy atom. The van der Waals surface area contributed by atoms with Crippen molar-refractivity contribution in [2.75, 3.05) is 0 Å². The van der Waals surface area contributed by atoms with E-state index in [1.807, 2.05) is 0 Å². The van der Waals surface area contributed by atoms with Crippen LogP contribution in [0.25, 0.3) is 6.08 Å². The first kappa shape index (κ1) is 17.5. The molecule has 126 valence electrons. The van der Waals surface area contributed by atoms with Gasteiger partial charge in [0.15, 0.2) is 0 Å². The van der Waals surface area contributed by atoms with Crippen molar-refractivity contribution >= 4 is 58.2 Å². The number of hydrogen-bond donors (Lipinski definition) is 1. The van der Waals surface area contributed by atoms with Crippen molar-refractivity contribution in [1.29, 1.82) is 0 Å². The van der Waals surface area contributed by atoms with Crippen LogP contribution in [-0.4, -0.2) is 17.1 Å². The number of carbonyl (C=O) groups is 3. The number of rotatable bonds is 3. The van der Waals surface area contributed by atoms with Crippen LogP contribution in [0.5, 0.6) is 5.75 Å². The molecular formula is C17H9Cl2NO4S. The highest BCUT2D eigenvalue weighted by Crippen LogP contribution is 2.27. The van der Waals surface area contributed by atoms with E-state index in [1.54, 1.807) is 24.3 Å². The third-order valence-electron chi connectivity index (χ3n) is 3.16. The Kier molecular flexibility index (Phi) is 5.13. The molecule has 5 nitrogen and oxygen atoms in total. The molecule has 2 aromatic rings. The molecule has 0 atom stereocenters. The van der Waals surface area contributed by atoms with Crippen molar-refractivity contribution in [2.45, 2.75) is 0 Å². The summed E-state index contributed by atoms with van der Waals surface area (Å²) in [6, 6.07) is 11.0. The van der Waals surface area contributed by atoms with Gasteiger partial charge in [-0.15, -0.1) is 0 Å². The summed E-state index contributed by atoms with van der Waals surface area (Å²) >= 11 is 12.6. The number of carbonyl (C=O) groups excluding carboxylic acids is 3. The zero-order valence-corrected chi connectivity index (χ0v) is 14.7. The molecule has 1 aliphatic rings. The Balaban J connectivity index is 1.80. The maximum Gasteiger partial charge on any atom is 0.345 e. The Morgan fingerprint density at radius 2 is 1.92 bits per heavy atom. The van der Waals surface area contributed by atoms with E-state index in [-0.39, 0.29) is 21.2 Å². The summed E-state index contributed by atoms with van der Waals surface area (Å²) in [5.74, 6) is -0.805. The van der Waals surface area contributed by atoms with E-state index in [4.69, 9.17) is 27.9 Å². The number of halogens is 2. The molecule has 2 aromatic carbocycles. The first-order valence-electron chi connectivity index (χ1n) is 6.94. The van der Waals surface area contributed by atoms with Gasteiger partial charge in [-0.05, 0) is 53.7 Å². The number of ether oxygens (including phenoxy) is 1. The van der Waals surface area contributed by atoms with Crippen LogP contribution in [0, 0.1) is 0 Å². The summed E-state index contributed by atoms with van der Waals surface area (Å²) in [6.45, 7) is 0. The molecule has 1 heterocycles. The first-order valence-corrected chi connectivity index (χ1v) is 8.52. The molecule has 2 amide bonds. The van der Waals surface area contributed by atoms with E-state index in [1.165, 1.54) is 24.3 Å². The number of thioether (sulfide) groups is 1. The van der Waals surface area contributed by atoms with Gasteiger partial charge in [0.2, 0.25) is 0 Å². The van der Waals surface area contributed by atoms with Gasteiger partial charge in [-0.2, -0.15) is 0 Å². The van der Waals surface area contributed by atoms with Crippen molar-refractivity contribution in [3.05, 3.63) is 68.5 Å². The molecule has 1 saturated heterocycles. The summed E-state index contributed by atoms with van der Waals surface area (Å²) in [7, 11) is 0. The molecule has 1 N–H and O–H groups in total. The number of nitrogens with one attached hydrogen (secondary N) is 1. The Bertz CT molecular complexity index is 927. The number of imide groups is 1. The van der Waals surface area contributed by atoms with Gasteiger partial charge in [0.05, 0.1) is 15.5 Å². The van der Waals surface area contributed by atoms with Crippen molar-refractivity contribution in [3.8, 4) is 5.75 Å². The maximum absolute atomic E-state index is 12.2. The molecule has 1 aliphatic heterocycles. The first-order chi connectivity index (χ1) is 11.9. The predicted octanol–water partition coefficient (Wildman–Crippen LogP) is 4.54. The largest absolute Gasteiger partial charge is 0.423 e. The van der Waals surface area contributed by atoms with Crippen molar-refractivity contribution in [2.24, 2.45) is 0 Å². The second-order valence-electron chi connectivity index (χ2n) is 4.94. The van der Waals surface area contributed by atoms with Crippen LogP contribution in [0.1, 0.15) is 15.9 Å². The number of amides is 2. The average Bonchev–Trinajstić information content (AvgIpc) is 2.85. The minimum atomic E-state index is -0.630. The van der Waals surface area contributed by atoms with Gasteiger partial charge in [-0.3, -0.25) is 14.9 Å². The maximum atomic E-state index is 12.2. The van der Waals surface area contributed by atoms with E-state index in [0.717, 1.165) is 11.8 Å². The smallest absolute Gasteiger partial charge is 0.345 e. The van der Waals surface area contributed by atoms with E-state index < -0.39 is 17.1 Å². The van der Waals surface area contributed by atoms with Crippen LogP contribution >= 0.6 is 35.0 Å². The van der Waals surface area contributed by atoms with Gasteiger partial charge >= 0.3 is 5.97 Å². The minimum Gasteiger partial charge on any atom is -0.423 e. The molecule has 0 unspecified atom stereocenters. The zero-order valence-electron chi connectivity index (χ0n) is 12.4. The van der Waals surface area contributed by atoms with Gasteiger partial charge in [-0.1, -0.05) is 35.3 Å². The molecule has 0 aliphatic carbocycles. The second kappa shape index (κ2) is 7.31. The van der Waals surface area contributed by atoms with Crippen molar-refractivity contribution in [3.63, 3.8) is 0 Å². The molecule has 3 rings (SSSR count). The summed E-state index contributed by atoms with van der Waals surface area (Å²) in [4.78, 5) is 35.2. The lowest BCUT2D eigenvalue weighted by molar-refractivity contribution is -0.115. The normalized spacial score (nSPS) is 15.4. The van der Waals surface area contributed by atoms with Crippen molar-refractivity contribution < 1.29 is 19.1 Å². The predicted molar refractivity (Wildman–Crippen MR) is 97.0 cm³/mol. The topological polar surface area (TPSA) is 72.5 Å².